The SMILES string of the molecule is Cc1ccc2c(c1)CN=C2c1ccc(Cl)c(Cl)c1. The van der Waals surface area contributed by atoms with E-state index >= 15 is 0 Å². The van der Waals surface area contributed by atoms with Crippen LogP contribution in [-0.4, -0.2) is 5.71 Å². The molecule has 2 aromatic rings. The van der Waals surface area contributed by atoms with Gasteiger partial charge in [0.2, 0.25) is 0 Å². The van der Waals surface area contributed by atoms with Crippen molar-refractivity contribution in [2.75, 3.05) is 0 Å². The molecule has 0 radical (unpaired) electrons. The van der Waals surface area contributed by atoms with E-state index in [1.54, 1.807) is 0 Å². The van der Waals surface area contributed by atoms with Crippen molar-refractivity contribution in [2.24, 2.45) is 4.99 Å². The van der Waals surface area contributed by atoms with Crippen molar-refractivity contribution in [3.63, 3.8) is 0 Å². The van der Waals surface area contributed by atoms with Crippen molar-refractivity contribution >= 4 is 28.9 Å². The first-order valence-electron chi connectivity index (χ1n) is 5.75. The molecule has 3 heteroatoms. The zero-order chi connectivity index (χ0) is 12.7. The Hall–Kier alpha value is -1.31. The van der Waals surface area contributed by atoms with Gasteiger partial charge in [-0.15, -0.1) is 0 Å². The minimum Gasteiger partial charge on any atom is -0.279 e. The first-order chi connectivity index (χ1) is 8.65. The molecule has 0 N–H and O–H groups in total. The van der Waals surface area contributed by atoms with Gasteiger partial charge in [-0.25, -0.2) is 0 Å². The summed E-state index contributed by atoms with van der Waals surface area (Å²) in [6.07, 6.45) is 0. The van der Waals surface area contributed by atoms with E-state index in [9.17, 15) is 0 Å². The Labute approximate surface area is 116 Å². The van der Waals surface area contributed by atoms with Crippen molar-refractivity contribution in [3.05, 3.63) is 68.7 Å². The Morgan fingerprint density at radius 2 is 1.83 bits per heavy atom. The maximum absolute atomic E-state index is 6.06. The molecule has 1 nitrogen and oxygen atoms in total. The maximum Gasteiger partial charge on any atom is 0.0727 e. The molecule has 1 aliphatic heterocycles. The van der Waals surface area contributed by atoms with Gasteiger partial charge in [-0.2, -0.15) is 0 Å². The van der Waals surface area contributed by atoms with Crippen molar-refractivity contribution in [1.82, 2.24) is 0 Å². The number of aliphatic imine (C=N–C) groups is 1. The molecule has 0 saturated carbocycles. The van der Waals surface area contributed by atoms with Crippen LogP contribution in [-0.2, 0) is 6.54 Å². The molecule has 0 saturated heterocycles. The number of hydrogen-bond donors (Lipinski definition) is 0. The highest BCUT2D eigenvalue weighted by Crippen LogP contribution is 2.28. The Bertz CT molecular complexity index is 660. The third-order valence-corrected chi connectivity index (χ3v) is 3.86. The fourth-order valence-corrected chi connectivity index (χ4v) is 2.52. The van der Waals surface area contributed by atoms with Crippen LogP contribution in [0.5, 0.6) is 0 Å². The normalized spacial score (nSPS) is 13.4. The van der Waals surface area contributed by atoms with Crippen LogP contribution in [0.2, 0.25) is 10.0 Å². The minimum atomic E-state index is 0.567. The zero-order valence-corrected chi connectivity index (χ0v) is 11.4. The lowest BCUT2D eigenvalue weighted by Crippen LogP contribution is -2.00. The second kappa shape index (κ2) is 4.42. The van der Waals surface area contributed by atoms with Crippen LogP contribution in [0.4, 0.5) is 0 Å². The minimum absolute atomic E-state index is 0.567. The van der Waals surface area contributed by atoms with Gasteiger partial charge in [0.15, 0.2) is 0 Å². The molecule has 0 unspecified atom stereocenters. The molecule has 1 aliphatic rings. The zero-order valence-electron chi connectivity index (χ0n) is 9.87. The number of hydrogen-bond acceptors (Lipinski definition) is 1. The van der Waals surface area contributed by atoms with Crippen LogP contribution in [0, 0.1) is 6.92 Å². The molecule has 0 aliphatic carbocycles. The van der Waals surface area contributed by atoms with Gasteiger partial charge in [0.05, 0.1) is 22.3 Å². The lowest BCUT2D eigenvalue weighted by molar-refractivity contribution is 1.10. The standard InChI is InChI=1S/C15H11Cl2N/c1-9-2-4-12-11(6-9)8-18-15(12)10-3-5-13(16)14(17)7-10/h2-7H,8H2,1H3. The van der Waals surface area contributed by atoms with E-state index in [2.05, 4.69) is 30.1 Å². The lowest BCUT2D eigenvalue weighted by atomic mass is 9.99. The van der Waals surface area contributed by atoms with Gasteiger partial charge < -0.3 is 0 Å². The highest BCUT2D eigenvalue weighted by atomic mass is 35.5. The Kier molecular flexibility index (Phi) is 2.89. The topological polar surface area (TPSA) is 12.4 Å². The van der Waals surface area contributed by atoms with Crippen LogP contribution in [0.1, 0.15) is 22.3 Å². The molecule has 0 spiro atoms. The fraction of sp³-hybridized carbons (Fsp3) is 0.133. The summed E-state index contributed by atoms with van der Waals surface area (Å²) in [5.41, 5.74) is 5.75. The summed E-state index contributed by atoms with van der Waals surface area (Å²) in [4.78, 5) is 4.60. The maximum atomic E-state index is 6.06. The van der Waals surface area contributed by atoms with Crippen molar-refractivity contribution in [3.8, 4) is 0 Å². The molecular weight excluding hydrogens is 265 g/mol. The van der Waals surface area contributed by atoms with Gasteiger partial charge in [-0.3, -0.25) is 4.99 Å². The number of benzene rings is 2. The van der Waals surface area contributed by atoms with Crippen LogP contribution in [0.15, 0.2) is 41.4 Å². The van der Waals surface area contributed by atoms with Gasteiger partial charge >= 0.3 is 0 Å². The summed E-state index contributed by atoms with van der Waals surface area (Å²) in [6.45, 7) is 2.84. The van der Waals surface area contributed by atoms with E-state index in [1.807, 2.05) is 18.2 Å². The predicted molar refractivity (Wildman–Crippen MR) is 77.0 cm³/mol. The van der Waals surface area contributed by atoms with E-state index in [0.717, 1.165) is 17.8 Å². The Morgan fingerprint density at radius 3 is 2.61 bits per heavy atom. The number of halogens is 2. The van der Waals surface area contributed by atoms with Crippen LogP contribution in [0.25, 0.3) is 0 Å². The van der Waals surface area contributed by atoms with E-state index in [-0.39, 0.29) is 0 Å². The second-order valence-electron chi connectivity index (χ2n) is 4.45. The molecular formula is C15H11Cl2N. The molecule has 1 heterocycles. The molecule has 3 rings (SSSR count). The first kappa shape index (κ1) is 11.8. The lowest BCUT2D eigenvalue weighted by Gasteiger charge is -2.06. The molecule has 90 valence electrons. The van der Waals surface area contributed by atoms with Gasteiger partial charge in [-0.1, -0.05) is 53.0 Å². The van der Waals surface area contributed by atoms with Crippen molar-refractivity contribution < 1.29 is 0 Å². The molecule has 0 fully saturated rings. The highest BCUT2D eigenvalue weighted by molar-refractivity contribution is 6.42. The van der Waals surface area contributed by atoms with E-state index in [0.29, 0.717) is 10.0 Å². The van der Waals surface area contributed by atoms with Gasteiger partial charge in [0.1, 0.15) is 0 Å². The average Bonchev–Trinajstić information content (AvgIpc) is 2.75. The van der Waals surface area contributed by atoms with Crippen LogP contribution >= 0.6 is 23.2 Å². The van der Waals surface area contributed by atoms with Crippen molar-refractivity contribution in [2.45, 2.75) is 13.5 Å². The van der Waals surface area contributed by atoms with E-state index in [4.69, 9.17) is 23.2 Å². The number of fused-ring (bicyclic) bond motifs is 1. The number of aryl methyl sites for hydroxylation is 1. The summed E-state index contributed by atoms with van der Waals surface area (Å²) >= 11 is 12.0. The quantitative estimate of drug-likeness (QED) is 0.718. The molecule has 0 atom stereocenters. The third kappa shape index (κ3) is 1.94. The predicted octanol–water partition coefficient (Wildman–Crippen LogP) is 4.65. The first-order valence-corrected chi connectivity index (χ1v) is 6.50. The average molecular weight is 276 g/mol. The van der Waals surface area contributed by atoms with Gasteiger partial charge in [0, 0.05) is 11.1 Å². The summed E-state index contributed by atoms with van der Waals surface area (Å²) in [5, 5.41) is 1.14. The second-order valence-corrected chi connectivity index (χ2v) is 5.27. The monoisotopic (exact) mass is 275 g/mol. The Balaban J connectivity index is 2.08. The number of rotatable bonds is 1. The summed E-state index contributed by atoms with van der Waals surface area (Å²) in [5.74, 6) is 0. The molecule has 0 aromatic heterocycles. The van der Waals surface area contributed by atoms with Crippen molar-refractivity contribution in [1.29, 1.82) is 0 Å². The van der Waals surface area contributed by atoms with Crippen LogP contribution < -0.4 is 0 Å². The molecule has 18 heavy (non-hydrogen) atoms. The molecule has 0 amide bonds. The summed E-state index contributed by atoms with van der Waals surface area (Å²) < 4.78 is 0. The highest BCUT2D eigenvalue weighted by Gasteiger charge is 2.17. The van der Waals surface area contributed by atoms with Gasteiger partial charge in [-0.05, 0) is 24.6 Å². The van der Waals surface area contributed by atoms with E-state index in [1.165, 1.54) is 16.7 Å². The molecule has 2 aromatic carbocycles. The summed E-state index contributed by atoms with van der Waals surface area (Å²) in [7, 11) is 0. The Morgan fingerprint density at radius 1 is 1.00 bits per heavy atom. The van der Waals surface area contributed by atoms with E-state index < -0.39 is 0 Å². The summed E-state index contributed by atoms with van der Waals surface area (Å²) in [6, 6.07) is 12.1. The molecule has 0 bridgehead atoms. The fourth-order valence-electron chi connectivity index (χ4n) is 2.22. The van der Waals surface area contributed by atoms with Gasteiger partial charge in [0.25, 0.3) is 0 Å². The largest absolute Gasteiger partial charge is 0.279 e. The number of nitrogens with zero attached hydrogens (tertiary/aromatic N) is 1. The van der Waals surface area contributed by atoms with Crippen LogP contribution in [0.3, 0.4) is 0 Å². The third-order valence-electron chi connectivity index (χ3n) is 3.12. The smallest absolute Gasteiger partial charge is 0.0727 e.